The van der Waals surface area contributed by atoms with Crippen LogP contribution >= 0.6 is 12.2 Å². The Hall–Kier alpha value is -2.02. The monoisotopic (exact) mass is 393 g/mol. The summed E-state index contributed by atoms with van der Waals surface area (Å²) in [5.74, 6) is 2.70. The SMILES string of the molecule is COc1ccc(OCCCC(=O)NNC(=S)N[C@@H]2CCC[C@H](C)[C@H]2C)cc1. The van der Waals surface area contributed by atoms with Gasteiger partial charge in [0.25, 0.3) is 0 Å². The molecule has 1 saturated carbocycles. The minimum atomic E-state index is -0.109. The van der Waals surface area contributed by atoms with Crippen molar-refractivity contribution in [2.75, 3.05) is 13.7 Å². The van der Waals surface area contributed by atoms with Crippen LogP contribution in [0.4, 0.5) is 0 Å². The van der Waals surface area contributed by atoms with E-state index in [4.69, 9.17) is 21.7 Å². The van der Waals surface area contributed by atoms with Crippen LogP contribution in [0.2, 0.25) is 0 Å². The maximum absolute atomic E-state index is 11.9. The van der Waals surface area contributed by atoms with Gasteiger partial charge in [-0.25, -0.2) is 0 Å². The molecule has 0 unspecified atom stereocenters. The lowest BCUT2D eigenvalue weighted by molar-refractivity contribution is -0.121. The van der Waals surface area contributed by atoms with Gasteiger partial charge in [-0.1, -0.05) is 26.7 Å². The molecule has 0 heterocycles. The second kappa shape index (κ2) is 11.0. The van der Waals surface area contributed by atoms with Crippen molar-refractivity contribution in [1.82, 2.24) is 16.2 Å². The van der Waals surface area contributed by atoms with Crippen LogP contribution in [-0.2, 0) is 4.79 Å². The maximum Gasteiger partial charge on any atom is 0.238 e. The molecule has 3 atom stereocenters. The first-order valence-corrected chi connectivity index (χ1v) is 10.0. The Morgan fingerprint density at radius 2 is 1.85 bits per heavy atom. The summed E-state index contributed by atoms with van der Waals surface area (Å²) in [5.41, 5.74) is 5.45. The van der Waals surface area contributed by atoms with Crippen LogP contribution in [0.25, 0.3) is 0 Å². The Morgan fingerprint density at radius 1 is 1.15 bits per heavy atom. The van der Waals surface area contributed by atoms with Crippen LogP contribution in [0.1, 0.15) is 46.0 Å². The Balaban J connectivity index is 1.57. The highest BCUT2D eigenvalue weighted by Crippen LogP contribution is 2.29. The minimum Gasteiger partial charge on any atom is -0.497 e. The molecule has 1 fully saturated rings. The van der Waals surface area contributed by atoms with Crippen molar-refractivity contribution in [3.63, 3.8) is 0 Å². The molecular formula is C20H31N3O3S. The molecule has 0 saturated heterocycles. The third-order valence-corrected chi connectivity index (χ3v) is 5.44. The van der Waals surface area contributed by atoms with Gasteiger partial charge in [-0.05, 0) is 61.2 Å². The third-order valence-electron chi connectivity index (χ3n) is 5.22. The fraction of sp³-hybridized carbons (Fsp3) is 0.600. The van der Waals surface area contributed by atoms with E-state index in [9.17, 15) is 4.79 Å². The van der Waals surface area contributed by atoms with E-state index in [1.165, 1.54) is 12.8 Å². The number of carbonyl (C=O) groups is 1. The van der Waals surface area contributed by atoms with E-state index in [0.717, 1.165) is 17.9 Å². The van der Waals surface area contributed by atoms with Crippen molar-refractivity contribution in [3.05, 3.63) is 24.3 Å². The molecule has 0 aliphatic heterocycles. The van der Waals surface area contributed by atoms with Gasteiger partial charge in [0.15, 0.2) is 5.11 Å². The van der Waals surface area contributed by atoms with Crippen LogP contribution < -0.4 is 25.6 Å². The maximum atomic E-state index is 11.9. The lowest BCUT2D eigenvalue weighted by Crippen LogP contribution is -2.52. The quantitative estimate of drug-likeness (QED) is 0.375. The summed E-state index contributed by atoms with van der Waals surface area (Å²) < 4.78 is 10.7. The second-order valence-electron chi connectivity index (χ2n) is 7.15. The van der Waals surface area contributed by atoms with Crippen molar-refractivity contribution < 1.29 is 14.3 Å². The first kappa shape index (κ1) is 21.3. The van der Waals surface area contributed by atoms with E-state index in [1.807, 2.05) is 24.3 Å². The fourth-order valence-corrected chi connectivity index (χ4v) is 3.48. The summed E-state index contributed by atoms with van der Waals surface area (Å²) in [5, 5.41) is 3.80. The standard InChI is InChI=1S/C20H31N3O3S/c1-14-6-4-7-18(15(14)2)21-20(27)23-22-19(24)8-5-13-26-17-11-9-16(25-3)10-12-17/h9-12,14-15,18H,4-8,13H2,1-3H3,(H,22,24)(H2,21,23,27)/t14-,15+,18+/m0/s1. The molecule has 6 nitrogen and oxygen atoms in total. The number of amides is 1. The summed E-state index contributed by atoms with van der Waals surface area (Å²) in [4.78, 5) is 11.9. The zero-order valence-corrected chi connectivity index (χ0v) is 17.2. The van der Waals surface area contributed by atoms with E-state index in [1.54, 1.807) is 7.11 Å². The van der Waals surface area contributed by atoms with Gasteiger partial charge < -0.3 is 14.8 Å². The average molecular weight is 394 g/mol. The summed E-state index contributed by atoms with van der Waals surface area (Å²) in [7, 11) is 1.62. The molecule has 27 heavy (non-hydrogen) atoms. The molecule has 1 aromatic rings. The first-order chi connectivity index (χ1) is 13.0. The van der Waals surface area contributed by atoms with Crippen LogP contribution in [0.15, 0.2) is 24.3 Å². The van der Waals surface area contributed by atoms with E-state index >= 15 is 0 Å². The molecule has 3 N–H and O–H groups in total. The normalized spacial score (nSPS) is 21.8. The third kappa shape index (κ3) is 7.25. The fourth-order valence-electron chi connectivity index (χ4n) is 3.27. The van der Waals surface area contributed by atoms with Crippen molar-refractivity contribution in [2.45, 2.75) is 52.0 Å². The molecule has 0 radical (unpaired) electrons. The Bertz CT molecular complexity index is 609. The molecule has 0 spiro atoms. The predicted molar refractivity (Wildman–Crippen MR) is 111 cm³/mol. The van der Waals surface area contributed by atoms with Crippen LogP contribution in [0, 0.1) is 11.8 Å². The first-order valence-electron chi connectivity index (χ1n) is 9.61. The van der Waals surface area contributed by atoms with Gasteiger partial charge in [-0.15, -0.1) is 0 Å². The number of hydrazine groups is 1. The van der Waals surface area contributed by atoms with E-state index in [2.05, 4.69) is 30.0 Å². The lowest BCUT2D eigenvalue weighted by Gasteiger charge is -2.35. The summed E-state index contributed by atoms with van der Waals surface area (Å²) in [6.45, 7) is 5.01. The average Bonchev–Trinajstić information content (AvgIpc) is 2.67. The van der Waals surface area contributed by atoms with Gasteiger partial charge in [0, 0.05) is 12.5 Å². The second-order valence-corrected chi connectivity index (χ2v) is 7.56. The van der Waals surface area contributed by atoms with Gasteiger partial charge in [0.2, 0.25) is 5.91 Å². The van der Waals surface area contributed by atoms with Crippen LogP contribution in [0.3, 0.4) is 0 Å². The minimum absolute atomic E-state index is 0.109. The number of nitrogens with one attached hydrogen (secondary N) is 3. The molecule has 0 aromatic heterocycles. The molecule has 1 aromatic carbocycles. The number of rotatable bonds is 7. The summed E-state index contributed by atoms with van der Waals surface area (Å²) in [6.07, 6.45) is 4.59. The summed E-state index contributed by atoms with van der Waals surface area (Å²) >= 11 is 5.29. The van der Waals surface area contributed by atoms with E-state index < -0.39 is 0 Å². The molecule has 1 aliphatic carbocycles. The lowest BCUT2D eigenvalue weighted by atomic mass is 9.78. The molecule has 7 heteroatoms. The van der Waals surface area contributed by atoms with Crippen molar-refractivity contribution >= 4 is 23.2 Å². The van der Waals surface area contributed by atoms with Gasteiger partial charge in [0.1, 0.15) is 11.5 Å². The molecule has 1 amide bonds. The van der Waals surface area contributed by atoms with E-state index in [-0.39, 0.29) is 5.91 Å². The van der Waals surface area contributed by atoms with Gasteiger partial charge in [0.05, 0.1) is 13.7 Å². The van der Waals surface area contributed by atoms with Gasteiger partial charge in [-0.2, -0.15) is 0 Å². The topological polar surface area (TPSA) is 71.6 Å². The highest BCUT2D eigenvalue weighted by atomic mass is 32.1. The zero-order chi connectivity index (χ0) is 19.6. The Kier molecular flexibility index (Phi) is 8.64. The predicted octanol–water partition coefficient (Wildman–Crippen LogP) is 3.17. The molecule has 150 valence electrons. The number of carbonyl (C=O) groups excluding carboxylic acids is 1. The highest BCUT2D eigenvalue weighted by Gasteiger charge is 2.27. The van der Waals surface area contributed by atoms with Gasteiger partial charge >= 0.3 is 0 Å². The van der Waals surface area contributed by atoms with Crippen molar-refractivity contribution in [1.29, 1.82) is 0 Å². The number of ether oxygens (including phenoxy) is 2. The van der Waals surface area contributed by atoms with Crippen LogP contribution in [0.5, 0.6) is 11.5 Å². The van der Waals surface area contributed by atoms with Crippen molar-refractivity contribution in [2.24, 2.45) is 11.8 Å². The Morgan fingerprint density at radius 3 is 2.56 bits per heavy atom. The number of hydrogen-bond acceptors (Lipinski definition) is 4. The molecular weight excluding hydrogens is 362 g/mol. The number of methoxy groups -OCH3 is 1. The van der Waals surface area contributed by atoms with Crippen molar-refractivity contribution in [3.8, 4) is 11.5 Å². The molecule has 1 aliphatic rings. The van der Waals surface area contributed by atoms with Gasteiger partial charge in [-0.3, -0.25) is 15.6 Å². The van der Waals surface area contributed by atoms with Crippen LogP contribution in [-0.4, -0.2) is 30.8 Å². The number of benzene rings is 1. The summed E-state index contributed by atoms with van der Waals surface area (Å²) in [6, 6.07) is 7.74. The zero-order valence-electron chi connectivity index (χ0n) is 16.4. The molecule has 0 bridgehead atoms. The van der Waals surface area contributed by atoms with E-state index in [0.29, 0.717) is 42.4 Å². The molecule has 2 rings (SSSR count). The number of thiocarbonyl (C=S) groups is 1. The largest absolute Gasteiger partial charge is 0.497 e. The number of hydrogen-bond donors (Lipinski definition) is 3. The highest BCUT2D eigenvalue weighted by molar-refractivity contribution is 7.80. The Labute approximate surface area is 167 Å². The smallest absolute Gasteiger partial charge is 0.238 e.